The molecule has 0 spiro atoms. The highest BCUT2D eigenvalue weighted by atomic mass is 32.2. The molecule has 0 unspecified atom stereocenters. The van der Waals surface area contributed by atoms with Gasteiger partial charge >= 0.3 is 5.97 Å². The molecule has 10 heteroatoms. The number of carboxylic acids is 1. The molecule has 0 bridgehead atoms. The van der Waals surface area contributed by atoms with Crippen LogP contribution in [0.4, 0.5) is 0 Å². The number of nitrogens with zero attached hydrogens (tertiary/aromatic N) is 1. The fraction of sp³-hybridized carbons (Fsp3) is 0.583. The van der Waals surface area contributed by atoms with E-state index in [1.54, 1.807) is 0 Å². The Morgan fingerprint density at radius 3 is 2.55 bits per heavy atom. The maximum absolute atomic E-state index is 12.5. The number of carbonyl (C=O) groups excluding carboxylic acids is 2. The van der Waals surface area contributed by atoms with Gasteiger partial charge in [0.15, 0.2) is 21.3 Å². The van der Waals surface area contributed by atoms with Crippen molar-refractivity contribution in [3.63, 3.8) is 0 Å². The van der Waals surface area contributed by atoms with Gasteiger partial charge in [0.1, 0.15) is 4.75 Å². The van der Waals surface area contributed by atoms with E-state index in [2.05, 4.69) is 5.32 Å². The van der Waals surface area contributed by atoms with Crippen molar-refractivity contribution in [1.29, 1.82) is 0 Å². The summed E-state index contributed by atoms with van der Waals surface area (Å²) in [5.41, 5.74) is 5.01. The Labute approximate surface area is 127 Å². The van der Waals surface area contributed by atoms with Gasteiger partial charge in [0.05, 0.1) is 5.57 Å². The zero-order valence-electron chi connectivity index (χ0n) is 12.1. The lowest BCUT2D eigenvalue weighted by atomic mass is 9.95. The number of hydrogen-bond acceptors (Lipinski definition) is 6. The third-order valence-corrected chi connectivity index (χ3v) is 6.69. The van der Waals surface area contributed by atoms with Crippen LogP contribution in [0.1, 0.15) is 13.8 Å². The van der Waals surface area contributed by atoms with Crippen LogP contribution in [0.5, 0.6) is 0 Å². The van der Waals surface area contributed by atoms with Crippen LogP contribution in [0.25, 0.3) is 0 Å². The molecule has 0 saturated carbocycles. The summed E-state index contributed by atoms with van der Waals surface area (Å²) in [5, 5.41) is 10.2. The maximum atomic E-state index is 12.5. The van der Waals surface area contributed by atoms with Crippen molar-refractivity contribution < 1.29 is 27.9 Å². The molecule has 2 amide bonds. The molecule has 2 aliphatic heterocycles. The second-order valence-corrected chi connectivity index (χ2v) is 8.22. The van der Waals surface area contributed by atoms with E-state index >= 15 is 0 Å². The zero-order valence-corrected chi connectivity index (χ0v) is 12.9. The minimum atomic E-state index is -3.96. The van der Waals surface area contributed by atoms with E-state index in [0.29, 0.717) is 0 Å². The number of hydrogen-bond donors (Lipinski definition) is 3. The SMILES string of the molecule is CC1(C)[C@H](C(=O)O)N2C(=O)/C(=C/C(=O)NCCN)[C@H]2S1(=O)=O. The van der Waals surface area contributed by atoms with Crippen LogP contribution in [0.15, 0.2) is 11.6 Å². The predicted molar refractivity (Wildman–Crippen MR) is 75.2 cm³/mol. The summed E-state index contributed by atoms with van der Waals surface area (Å²) < 4.78 is 23.3. The molecule has 22 heavy (non-hydrogen) atoms. The molecule has 9 nitrogen and oxygen atoms in total. The number of carboxylic acid groups (broad SMARTS) is 1. The number of aliphatic carboxylic acids is 1. The average Bonchev–Trinajstić information content (AvgIpc) is 2.55. The van der Waals surface area contributed by atoms with Crippen LogP contribution >= 0.6 is 0 Å². The van der Waals surface area contributed by atoms with Crippen molar-refractivity contribution >= 4 is 27.6 Å². The fourth-order valence-corrected chi connectivity index (χ4v) is 4.85. The third-order valence-electron chi connectivity index (χ3n) is 3.93. The minimum absolute atomic E-state index is 0.182. The van der Waals surface area contributed by atoms with Gasteiger partial charge in [-0.15, -0.1) is 0 Å². The Morgan fingerprint density at radius 2 is 2.05 bits per heavy atom. The van der Waals surface area contributed by atoms with Crippen LogP contribution in [0, 0.1) is 0 Å². The van der Waals surface area contributed by atoms with Crippen molar-refractivity contribution in [1.82, 2.24) is 10.2 Å². The Kier molecular flexibility index (Phi) is 3.78. The Balaban J connectivity index is 2.40. The summed E-state index contributed by atoms with van der Waals surface area (Å²) in [6.07, 6.45) is 0.900. The molecule has 0 aromatic heterocycles. The van der Waals surface area contributed by atoms with Gasteiger partial charge in [0.25, 0.3) is 5.91 Å². The number of rotatable bonds is 4. The summed E-state index contributed by atoms with van der Waals surface area (Å²) in [4.78, 5) is 35.8. The second-order valence-electron chi connectivity index (χ2n) is 5.63. The van der Waals surface area contributed by atoms with E-state index in [1.807, 2.05) is 0 Å². The Morgan fingerprint density at radius 1 is 1.45 bits per heavy atom. The zero-order chi connectivity index (χ0) is 16.9. The highest BCUT2D eigenvalue weighted by Gasteiger charge is 2.70. The first kappa shape index (κ1) is 16.4. The van der Waals surface area contributed by atoms with Gasteiger partial charge in [-0.25, -0.2) is 13.2 Å². The number of fused-ring (bicyclic) bond motifs is 1. The summed E-state index contributed by atoms with van der Waals surface area (Å²) in [5.74, 6) is -2.79. The van der Waals surface area contributed by atoms with Crippen LogP contribution in [0.2, 0.25) is 0 Å². The summed E-state index contributed by atoms with van der Waals surface area (Å²) >= 11 is 0. The van der Waals surface area contributed by atoms with Crippen molar-refractivity contribution in [2.24, 2.45) is 5.73 Å². The van der Waals surface area contributed by atoms with Crippen molar-refractivity contribution in [3.8, 4) is 0 Å². The quantitative estimate of drug-likeness (QED) is 0.392. The van der Waals surface area contributed by atoms with E-state index in [4.69, 9.17) is 5.73 Å². The number of nitrogens with two attached hydrogens (primary N) is 1. The standard InChI is InChI=1S/C12H17N3O6S/c1-12(2)8(11(18)19)15-9(17)6(10(15)22(12,20)21)5-7(16)14-4-3-13/h5,8,10H,3-4,13H2,1-2H3,(H,14,16)(H,18,19)/b6-5-/t8-,10+/m0/s1. The highest BCUT2D eigenvalue weighted by Crippen LogP contribution is 2.48. The first-order valence-electron chi connectivity index (χ1n) is 6.55. The topological polar surface area (TPSA) is 147 Å². The van der Waals surface area contributed by atoms with Gasteiger partial charge < -0.3 is 21.1 Å². The van der Waals surface area contributed by atoms with E-state index in [1.165, 1.54) is 13.8 Å². The van der Waals surface area contributed by atoms with E-state index in [9.17, 15) is 27.9 Å². The summed E-state index contributed by atoms with van der Waals surface area (Å²) in [6, 6.07) is -1.47. The molecular formula is C12H17N3O6S. The van der Waals surface area contributed by atoms with E-state index < -0.39 is 43.8 Å². The molecule has 2 fully saturated rings. The molecule has 0 aliphatic carbocycles. The highest BCUT2D eigenvalue weighted by molar-refractivity contribution is 7.94. The van der Waals surface area contributed by atoms with Gasteiger partial charge in [0.2, 0.25) is 5.91 Å². The van der Waals surface area contributed by atoms with Gasteiger partial charge in [-0.1, -0.05) is 0 Å². The molecule has 2 saturated heterocycles. The fourth-order valence-electron chi connectivity index (χ4n) is 2.73. The summed E-state index contributed by atoms with van der Waals surface area (Å²) in [7, 11) is -3.96. The van der Waals surface area contributed by atoms with Crippen molar-refractivity contribution in [3.05, 3.63) is 11.6 Å². The molecule has 122 valence electrons. The summed E-state index contributed by atoms with van der Waals surface area (Å²) in [6.45, 7) is 2.91. The number of carbonyl (C=O) groups is 3. The normalized spacial score (nSPS) is 29.9. The van der Waals surface area contributed by atoms with Gasteiger partial charge in [-0.2, -0.15) is 0 Å². The van der Waals surface area contributed by atoms with Crippen molar-refractivity contribution in [2.75, 3.05) is 13.1 Å². The number of β-lactam (4-membered cyclic amide) rings is 1. The number of nitrogens with one attached hydrogen (secondary N) is 1. The minimum Gasteiger partial charge on any atom is -0.480 e. The largest absolute Gasteiger partial charge is 0.480 e. The molecule has 4 N–H and O–H groups in total. The lowest BCUT2D eigenvalue weighted by Crippen LogP contribution is -2.59. The van der Waals surface area contributed by atoms with Crippen LogP contribution in [0.3, 0.4) is 0 Å². The maximum Gasteiger partial charge on any atom is 0.328 e. The van der Waals surface area contributed by atoms with Gasteiger partial charge in [0, 0.05) is 19.2 Å². The van der Waals surface area contributed by atoms with Crippen LogP contribution in [-0.4, -0.2) is 65.5 Å². The first-order chi connectivity index (χ1) is 10.1. The van der Waals surface area contributed by atoms with Crippen LogP contribution in [-0.2, 0) is 24.2 Å². The molecule has 2 heterocycles. The second kappa shape index (κ2) is 5.06. The van der Waals surface area contributed by atoms with Crippen molar-refractivity contribution in [2.45, 2.75) is 30.0 Å². The lowest BCUT2D eigenvalue weighted by Gasteiger charge is -2.37. The average molecular weight is 331 g/mol. The van der Waals surface area contributed by atoms with Gasteiger partial charge in [-0.3, -0.25) is 9.59 Å². The lowest BCUT2D eigenvalue weighted by molar-refractivity contribution is -0.152. The van der Waals surface area contributed by atoms with E-state index in [0.717, 1.165) is 11.0 Å². The van der Waals surface area contributed by atoms with Crippen LogP contribution < -0.4 is 11.1 Å². The monoisotopic (exact) mass is 331 g/mol. The smallest absolute Gasteiger partial charge is 0.328 e. The molecule has 2 aliphatic rings. The first-order valence-corrected chi connectivity index (χ1v) is 8.10. The van der Waals surface area contributed by atoms with E-state index in [-0.39, 0.29) is 18.7 Å². The molecule has 2 rings (SSSR count). The Hall–Kier alpha value is -1.94. The molecule has 0 aromatic carbocycles. The third kappa shape index (κ3) is 2.02. The molecular weight excluding hydrogens is 314 g/mol. The predicted octanol–water partition coefficient (Wildman–Crippen LogP) is -2.18. The van der Waals surface area contributed by atoms with Gasteiger partial charge in [-0.05, 0) is 13.8 Å². The number of amides is 2. The number of sulfone groups is 1. The Bertz CT molecular complexity index is 681. The molecule has 2 atom stereocenters. The molecule has 0 radical (unpaired) electrons. The molecule has 0 aromatic rings.